The van der Waals surface area contributed by atoms with Crippen molar-refractivity contribution >= 4 is 11.9 Å². The number of fused-ring (bicyclic) bond motifs is 2. The van der Waals surface area contributed by atoms with Crippen molar-refractivity contribution in [1.82, 2.24) is 0 Å². The van der Waals surface area contributed by atoms with E-state index < -0.39 is 47.7 Å². The van der Waals surface area contributed by atoms with Crippen molar-refractivity contribution in [3.05, 3.63) is 23.8 Å². The van der Waals surface area contributed by atoms with Crippen LogP contribution in [-0.2, 0) is 19.1 Å². The van der Waals surface area contributed by atoms with Gasteiger partial charge in [0.2, 0.25) is 0 Å². The number of carbonyl (C=O) groups is 2. The highest BCUT2D eigenvalue weighted by Gasteiger charge is 2.65. The van der Waals surface area contributed by atoms with E-state index in [1.165, 1.54) is 0 Å². The zero-order chi connectivity index (χ0) is 19.4. The van der Waals surface area contributed by atoms with Crippen molar-refractivity contribution in [3.8, 4) is 0 Å². The summed E-state index contributed by atoms with van der Waals surface area (Å²) in [7, 11) is 0. The number of aliphatic hydroxyl groups is 2. The fraction of sp³-hybridized carbons (Fsp3) is 0.700. The Kier molecular flexibility index (Phi) is 4.78. The van der Waals surface area contributed by atoms with Crippen LogP contribution in [0.3, 0.4) is 0 Å². The maximum absolute atomic E-state index is 12.3. The Labute approximate surface area is 153 Å². The first-order valence-corrected chi connectivity index (χ1v) is 9.22. The van der Waals surface area contributed by atoms with E-state index in [-0.39, 0.29) is 23.8 Å². The van der Waals surface area contributed by atoms with Crippen LogP contribution in [0.25, 0.3) is 0 Å². The van der Waals surface area contributed by atoms with Crippen LogP contribution in [0.4, 0.5) is 0 Å². The first-order valence-electron chi connectivity index (χ1n) is 9.22. The molecule has 1 saturated heterocycles. The predicted octanol–water partition coefficient (Wildman–Crippen LogP) is 1.75. The summed E-state index contributed by atoms with van der Waals surface area (Å²) >= 11 is 0. The van der Waals surface area contributed by atoms with Crippen molar-refractivity contribution in [2.24, 2.45) is 23.2 Å². The van der Waals surface area contributed by atoms with Gasteiger partial charge in [0.15, 0.2) is 0 Å². The molecule has 3 rings (SSSR count). The van der Waals surface area contributed by atoms with Gasteiger partial charge in [0.1, 0.15) is 12.2 Å². The van der Waals surface area contributed by atoms with Crippen LogP contribution in [0.15, 0.2) is 23.8 Å². The van der Waals surface area contributed by atoms with Gasteiger partial charge in [0, 0.05) is 23.0 Å². The highest BCUT2D eigenvalue weighted by molar-refractivity contribution is 5.91. The van der Waals surface area contributed by atoms with E-state index in [0.717, 1.165) is 0 Å². The van der Waals surface area contributed by atoms with Crippen molar-refractivity contribution in [2.75, 3.05) is 0 Å². The first-order chi connectivity index (χ1) is 12.1. The lowest BCUT2D eigenvalue weighted by Crippen LogP contribution is -2.50. The Morgan fingerprint density at radius 3 is 2.65 bits per heavy atom. The first kappa shape index (κ1) is 19.1. The number of rotatable bonds is 2. The van der Waals surface area contributed by atoms with Gasteiger partial charge in [-0.15, -0.1) is 0 Å². The van der Waals surface area contributed by atoms with Crippen LogP contribution in [0.2, 0.25) is 0 Å². The lowest BCUT2D eigenvalue weighted by molar-refractivity contribution is -0.159. The Morgan fingerprint density at radius 2 is 2.04 bits per heavy atom. The van der Waals surface area contributed by atoms with Gasteiger partial charge in [-0.25, -0.2) is 9.59 Å². The molecular weight excluding hydrogens is 336 g/mol. The molecule has 8 atom stereocenters. The summed E-state index contributed by atoms with van der Waals surface area (Å²) in [5.74, 6) is -1.76. The minimum atomic E-state index is -0.998. The van der Waals surface area contributed by atoms with Gasteiger partial charge in [0.05, 0.1) is 18.1 Å². The molecule has 26 heavy (non-hydrogen) atoms. The van der Waals surface area contributed by atoms with Gasteiger partial charge in [-0.2, -0.15) is 0 Å². The van der Waals surface area contributed by atoms with Gasteiger partial charge in [-0.3, -0.25) is 0 Å². The number of hydrogen-bond acceptors (Lipinski definition) is 6. The molecule has 0 spiro atoms. The third kappa shape index (κ3) is 2.62. The molecule has 2 saturated carbocycles. The normalized spacial score (nSPS) is 45.6. The van der Waals surface area contributed by atoms with E-state index >= 15 is 0 Å². The van der Waals surface area contributed by atoms with Crippen LogP contribution in [0, 0.1) is 23.2 Å². The summed E-state index contributed by atoms with van der Waals surface area (Å²) in [6.45, 7) is 11.1. The molecule has 0 amide bonds. The maximum atomic E-state index is 12.3. The zero-order valence-corrected chi connectivity index (χ0v) is 15.8. The Balaban J connectivity index is 2.00. The number of esters is 2. The monoisotopic (exact) mass is 364 g/mol. The van der Waals surface area contributed by atoms with Crippen LogP contribution in [0.1, 0.15) is 40.5 Å². The van der Waals surface area contributed by atoms with E-state index in [1.54, 1.807) is 19.9 Å². The van der Waals surface area contributed by atoms with E-state index in [4.69, 9.17) is 9.47 Å². The van der Waals surface area contributed by atoms with E-state index in [1.807, 2.05) is 13.8 Å². The van der Waals surface area contributed by atoms with Gasteiger partial charge in [-0.1, -0.05) is 26.5 Å². The fourth-order valence-electron chi connectivity index (χ4n) is 5.28. The number of allylic oxidation sites excluding steroid dienone is 1. The summed E-state index contributed by atoms with van der Waals surface area (Å²) in [4.78, 5) is 24.3. The van der Waals surface area contributed by atoms with Crippen molar-refractivity contribution in [1.29, 1.82) is 0 Å². The highest BCUT2D eigenvalue weighted by atomic mass is 16.6. The van der Waals surface area contributed by atoms with E-state index in [2.05, 4.69) is 6.58 Å². The zero-order valence-electron chi connectivity index (χ0n) is 15.8. The molecule has 6 heteroatoms. The second kappa shape index (κ2) is 6.50. The smallest absolute Gasteiger partial charge is 0.334 e. The second-order valence-corrected chi connectivity index (χ2v) is 8.21. The number of carbonyl (C=O) groups excluding carboxylic acids is 2. The minimum Gasteiger partial charge on any atom is -0.458 e. The third-order valence-electron chi connectivity index (χ3n) is 6.80. The average Bonchev–Trinajstić information content (AvgIpc) is 2.96. The van der Waals surface area contributed by atoms with E-state index in [9.17, 15) is 19.8 Å². The predicted molar refractivity (Wildman–Crippen MR) is 93.8 cm³/mol. The molecule has 3 aliphatic rings. The van der Waals surface area contributed by atoms with Crippen molar-refractivity contribution in [2.45, 2.75) is 65.0 Å². The fourth-order valence-corrected chi connectivity index (χ4v) is 5.28. The Bertz CT molecular complexity index is 667. The molecular formula is C20H28O6. The average molecular weight is 364 g/mol. The third-order valence-corrected chi connectivity index (χ3v) is 6.80. The van der Waals surface area contributed by atoms with Gasteiger partial charge in [0.25, 0.3) is 0 Å². The summed E-state index contributed by atoms with van der Waals surface area (Å²) in [6, 6.07) is 0. The molecule has 0 unspecified atom stereocenters. The van der Waals surface area contributed by atoms with Gasteiger partial charge in [-0.05, 0) is 32.1 Å². The van der Waals surface area contributed by atoms with Crippen LogP contribution in [-0.4, -0.2) is 46.6 Å². The SMILES string of the molecule is C=C1C(=O)O[C@H]2C[C@@H](C)[C@@H]3[C@@H](O)C[C@@H](OC(=O)/C(C)=C\C)[C@@]3(C)[C@H](O)[C@H]12. The standard InChI is InChI=1S/C20H28O6/c1-6-9(2)18(23)26-14-8-12(21)16-10(3)7-13-15(11(4)19(24)25-13)17(22)20(14,16)5/h6,10,12-17,21-22H,4,7-8H2,1-3,5H3/b9-6-/t10-,12+,13+,14-,15-,16-,17-,20-/m1/s1. The number of aliphatic hydroxyl groups excluding tert-OH is 2. The molecule has 0 aromatic carbocycles. The van der Waals surface area contributed by atoms with Crippen LogP contribution < -0.4 is 0 Å². The Morgan fingerprint density at radius 1 is 1.38 bits per heavy atom. The molecule has 6 nitrogen and oxygen atoms in total. The van der Waals surface area contributed by atoms with Crippen LogP contribution >= 0.6 is 0 Å². The topological polar surface area (TPSA) is 93.1 Å². The van der Waals surface area contributed by atoms with Gasteiger partial charge >= 0.3 is 11.9 Å². The lowest BCUT2D eigenvalue weighted by Gasteiger charge is -2.42. The molecule has 0 aromatic rings. The molecule has 2 aliphatic carbocycles. The van der Waals surface area contributed by atoms with E-state index in [0.29, 0.717) is 12.0 Å². The molecule has 0 radical (unpaired) electrons. The van der Waals surface area contributed by atoms with Crippen LogP contribution in [0.5, 0.6) is 0 Å². The summed E-state index contributed by atoms with van der Waals surface area (Å²) in [5, 5.41) is 22.0. The second-order valence-electron chi connectivity index (χ2n) is 8.21. The van der Waals surface area contributed by atoms with Crippen molar-refractivity contribution < 1.29 is 29.3 Å². The Hall–Kier alpha value is -1.66. The molecule has 1 heterocycles. The minimum absolute atomic E-state index is 0.00938. The summed E-state index contributed by atoms with van der Waals surface area (Å²) < 4.78 is 11.1. The highest BCUT2D eigenvalue weighted by Crippen LogP contribution is 2.57. The molecule has 144 valence electrons. The summed E-state index contributed by atoms with van der Waals surface area (Å²) in [5.41, 5.74) is -0.157. The molecule has 0 bridgehead atoms. The molecule has 1 aliphatic heterocycles. The van der Waals surface area contributed by atoms with Crippen molar-refractivity contribution in [3.63, 3.8) is 0 Å². The summed E-state index contributed by atoms with van der Waals surface area (Å²) in [6.07, 6.45) is -0.324. The maximum Gasteiger partial charge on any atom is 0.334 e. The number of ether oxygens (including phenoxy) is 2. The quantitative estimate of drug-likeness (QED) is 0.573. The lowest BCUT2D eigenvalue weighted by atomic mass is 9.67. The van der Waals surface area contributed by atoms with Gasteiger partial charge < -0.3 is 19.7 Å². The molecule has 0 aromatic heterocycles. The molecule has 2 N–H and O–H groups in total. The number of hydrogen-bond donors (Lipinski definition) is 2. The largest absolute Gasteiger partial charge is 0.458 e. The molecule has 3 fully saturated rings.